The first-order chi connectivity index (χ1) is 7.31. The van der Waals surface area contributed by atoms with Crippen molar-refractivity contribution >= 4 is 17.9 Å². The molecule has 0 aliphatic heterocycles. The molecule has 0 radical (unpaired) electrons. The van der Waals surface area contributed by atoms with E-state index in [-0.39, 0.29) is 0 Å². The molecule has 16 heavy (non-hydrogen) atoms. The van der Waals surface area contributed by atoms with Gasteiger partial charge in [0.05, 0.1) is 6.42 Å². The van der Waals surface area contributed by atoms with E-state index >= 15 is 0 Å². The van der Waals surface area contributed by atoms with Gasteiger partial charge in [0.25, 0.3) is 0 Å². The van der Waals surface area contributed by atoms with Crippen LogP contribution < -0.4 is 5.73 Å². The molecule has 5 N–H and O–H groups in total. The lowest BCUT2D eigenvalue weighted by Crippen LogP contribution is -2.32. The van der Waals surface area contributed by atoms with Gasteiger partial charge in [-0.1, -0.05) is 13.3 Å². The van der Waals surface area contributed by atoms with E-state index in [1.165, 1.54) is 0 Å². The van der Waals surface area contributed by atoms with Crippen LogP contribution in [0.2, 0.25) is 0 Å². The van der Waals surface area contributed by atoms with E-state index in [1.54, 1.807) is 0 Å². The molecule has 0 saturated heterocycles. The summed E-state index contributed by atoms with van der Waals surface area (Å²) >= 11 is 0. The average molecular weight is 235 g/mol. The number of carbonyl (C=O) groups is 3. The van der Waals surface area contributed by atoms with Crippen molar-refractivity contribution in [2.24, 2.45) is 5.73 Å². The molecule has 7 nitrogen and oxygen atoms in total. The second-order valence-electron chi connectivity index (χ2n) is 3.04. The van der Waals surface area contributed by atoms with E-state index in [1.807, 2.05) is 6.92 Å². The molecular formula is C9H17NO6. The van der Waals surface area contributed by atoms with Crippen LogP contribution >= 0.6 is 0 Å². The molecule has 0 aromatic carbocycles. The molecule has 94 valence electrons. The van der Waals surface area contributed by atoms with Gasteiger partial charge in [-0.2, -0.15) is 0 Å². The van der Waals surface area contributed by atoms with Crippen LogP contribution in [0.4, 0.5) is 0 Å². The van der Waals surface area contributed by atoms with Crippen LogP contribution in [0.15, 0.2) is 0 Å². The van der Waals surface area contributed by atoms with Crippen LogP contribution in [0, 0.1) is 0 Å². The molecule has 0 saturated carbocycles. The Morgan fingerprint density at radius 2 is 1.62 bits per heavy atom. The minimum atomic E-state index is -1.29. The van der Waals surface area contributed by atoms with E-state index in [9.17, 15) is 14.4 Å². The fourth-order valence-corrected chi connectivity index (χ4v) is 0.603. The molecule has 0 aromatic rings. The molecule has 0 fully saturated rings. The number of carboxylic acids is 3. The van der Waals surface area contributed by atoms with Gasteiger partial charge in [0.1, 0.15) is 6.04 Å². The van der Waals surface area contributed by atoms with Gasteiger partial charge in [0, 0.05) is 6.42 Å². The number of unbranched alkanes of at least 4 members (excludes halogenated alkanes) is 1. The van der Waals surface area contributed by atoms with Gasteiger partial charge in [-0.05, 0) is 6.42 Å². The number of hydrogen-bond acceptors (Lipinski definition) is 4. The largest absolute Gasteiger partial charge is 0.481 e. The second-order valence-corrected chi connectivity index (χ2v) is 3.04. The van der Waals surface area contributed by atoms with Crippen LogP contribution in [0.5, 0.6) is 0 Å². The Morgan fingerprint density at radius 1 is 1.12 bits per heavy atom. The first-order valence-electron chi connectivity index (χ1n) is 4.73. The van der Waals surface area contributed by atoms with Crippen molar-refractivity contribution in [3.05, 3.63) is 0 Å². The lowest BCUT2D eigenvalue weighted by atomic mass is 10.2. The monoisotopic (exact) mass is 235 g/mol. The van der Waals surface area contributed by atoms with Gasteiger partial charge in [0.15, 0.2) is 0 Å². The van der Waals surface area contributed by atoms with Crippen LogP contribution in [0.25, 0.3) is 0 Å². The standard InChI is InChI=1S/C5H10O2.C4H7NO4/c1-2-3-4-5(6)7;5-2(4(8)9)1-3(6)7/h2-4H2,1H3,(H,6,7);2H,1,5H2,(H,6,7)(H,8,9). The Labute approximate surface area is 92.9 Å². The predicted octanol–water partition coefficient (Wildman–Crippen LogP) is 0.134. The lowest BCUT2D eigenvalue weighted by molar-refractivity contribution is -0.144. The third kappa shape index (κ3) is 14.9. The lowest BCUT2D eigenvalue weighted by Gasteiger charge is -1.99. The molecule has 1 unspecified atom stereocenters. The highest BCUT2D eigenvalue weighted by Gasteiger charge is 2.14. The minimum absolute atomic E-state index is 0.316. The average Bonchev–Trinajstić information content (AvgIpc) is 2.14. The Hall–Kier alpha value is -1.63. The number of nitrogens with two attached hydrogens (primary N) is 1. The summed E-state index contributed by atoms with van der Waals surface area (Å²) in [5.74, 6) is -3.19. The van der Waals surface area contributed by atoms with Crippen LogP contribution in [-0.2, 0) is 14.4 Å². The van der Waals surface area contributed by atoms with Crippen LogP contribution in [0.1, 0.15) is 32.6 Å². The molecular weight excluding hydrogens is 218 g/mol. The highest BCUT2D eigenvalue weighted by molar-refractivity contribution is 5.80. The Bertz CT molecular complexity index is 240. The molecule has 0 aliphatic carbocycles. The maximum absolute atomic E-state index is 9.85. The van der Waals surface area contributed by atoms with Gasteiger partial charge in [0.2, 0.25) is 0 Å². The third-order valence-corrected chi connectivity index (χ3v) is 1.46. The zero-order valence-corrected chi connectivity index (χ0v) is 9.05. The minimum Gasteiger partial charge on any atom is -0.481 e. The summed E-state index contributed by atoms with van der Waals surface area (Å²) in [5.41, 5.74) is 4.84. The maximum Gasteiger partial charge on any atom is 0.321 e. The number of carboxylic acid groups (broad SMARTS) is 3. The van der Waals surface area contributed by atoms with Crippen molar-refractivity contribution in [3.8, 4) is 0 Å². The first kappa shape index (κ1) is 16.8. The van der Waals surface area contributed by atoms with E-state index < -0.39 is 30.4 Å². The Kier molecular flexibility index (Phi) is 10.4. The van der Waals surface area contributed by atoms with Crippen molar-refractivity contribution in [3.63, 3.8) is 0 Å². The smallest absolute Gasteiger partial charge is 0.321 e. The summed E-state index contributed by atoms with van der Waals surface area (Å²) in [5, 5.41) is 24.1. The summed E-state index contributed by atoms with van der Waals surface area (Å²) in [6, 6.07) is -1.29. The zero-order valence-electron chi connectivity index (χ0n) is 9.05. The third-order valence-electron chi connectivity index (χ3n) is 1.46. The van der Waals surface area contributed by atoms with E-state index in [2.05, 4.69) is 0 Å². The van der Waals surface area contributed by atoms with Crippen molar-refractivity contribution in [1.82, 2.24) is 0 Å². The summed E-state index contributed by atoms with van der Waals surface area (Å²) in [4.78, 5) is 29.4. The second kappa shape index (κ2) is 9.91. The van der Waals surface area contributed by atoms with Crippen LogP contribution in [0.3, 0.4) is 0 Å². The molecule has 0 aromatic heterocycles. The fraction of sp³-hybridized carbons (Fsp3) is 0.667. The SMILES string of the molecule is CCCCC(=O)O.NC(CC(=O)O)C(=O)O. The van der Waals surface area contributed by atoms with Crippen molar-refractivity contribution in [2.45, 2.75) is 38.6 Å². The van der Waals surface area contributed by atoms with E-state index in [0.717, 1.165) is 12.8 Å². The Balaban J connectivity index is 0. The quantitative estimate of drug-likeness (QED) is 0.513. The summed E-state index contributed by atoms with van der Waals surface area (Å²) in [6.45, 7) is 1.98. The number of aliphatic carboxylic acids is 3. The molecule has 0 heterocycles. The van der Waals surface area contributed by atoms with Gasteiger partial charge in [-0.25, -0.2) is 0 Å². The molecule has 7 heteroatoms. The van der Waals surface area contributed by atoms with Crippen molar-refractivity contribution in [1.29, 1.82) is 0 Å². The highest BCUT2D eigenvalue weighted by Crippen LogP contribution is 1.91. The van der Waals surface area contributed by atoms with Crippen LogP contribution in [-0.4, -0.2) is 39.3 Å². The predicted molar refractivity (Wildman–Crippen MR) is 55.0 cm³/mol. The molecule has 0 bridgehead atoms. The van der Waals surface area contributed by atoms with Crippen molar-refractivity contribution < 1.29 is 29.7 Å². The summed E-state index contributed by atoms with van der Waals surface area (Å²) in [6.07, 6.45) is 1.55. The summed E-state index contributed by atoms with van der Waals surface area (Å²) < 4.78 is 0. The van der Waals surface area contributed by atoms with Gasteiger partial charge >= 0.3 is 17.9 Å². The molecule has 0 spiro atoms. The summed E-state index contributed by atoms with van der Waals surface area (Å²) in [7, 11) is 0. The van der Waals surface area contributed by atoms with E-state index in [0.29, 0.717) is 6.42 Å². The first-order valence-corrected chi connectivity index (χ1v) is 4.73. The van der Waals surface area contributed by atoms with Gasteiger partial charge in [-0.15, -0.1) is 0 Å². The Morgan fingerprint density at radius 3 is 1.75 bits per heavy atom. The normalized spacial score (nSPS) is 10.9. The molecule has 0 rings (SSSR count). The van der Waals surface area contributed by atoms with Gasteiger partial charge < -0.3 is 21.1 Å². The maximum atomic E-state index is 9.85. The molecule has 0 aliphatic rings. The molecule has 1 atom stereocenters. The topological polar surface area (TPSA) is 138 Å². The highest BCUT2D eigenvalue weighted by atomic mass is 16.4. The van der Waals surface area contributed by atoms with Crippen molar-refractivity contribution in [2.75, 3.05) is 0 Å². The zero-order chi connectivity index (χ0) is 13.1. The number of rotatable bonds is 6. The van der Waals surface area contributed by atoms with Gasteiger partial charge in [-0.3, -0.25) is 14.4 Å². The number of hydrogen-bond donors (Lipinski definition) is 4. The fourth-order valence-electron chi connectivity index (χ4n) is 0.603. The molecule has 0 amide bonds. The van der Waals surface area contributed by atoms with E-state index in [4.69, 9.17) is 21.1 Å².